The molecule has 0 aliphatic carbocycles. The van der Waals surface area contributed by atoms with Crippen LogP contribution in [0.15, 0.2) is 4.99 Å². The highest BCUT2D eigenvalue weighted by Gasteiger charge is 2.13. The highest BCUT2D eigenvalue weighted by atomic mass is 16.5. The Kier molecular flexibility index (Phi) is 12.7. The van der Waals surface area contributed by atoms with E-state index in [1.54, 1.807) is 0 Å². The predicted molar refractivity (Wildman–Crippen MR) is 112 cm³/mol. The summed E-state index contributed by atoms with van der Waals surface area (Å²) < 4.78 is 5.81. The molecule has 1 rings (SSSR count). The standard InChI is InChI=1S/C20H43N5O/c1-6-21-20(23-12-10-19(18(3)4)26-7-2)22-11-8-9-13-25-16-14-24(5)15-17-25/h18-19H,6-17H2,1-5H3,(H2,21,22,23). The summed E-state index contributed by atoms with van der Waals surface area (Å²) in [7, 11) is 2.21. The number of likely N-dealkylation sites (N-methyl/N-ethyl adjacent to an activating group) is 1. The third-order valence-electron chi connectivity index (χ3n) is 4.94. The molecule has 26 heavy (non-hydrogen) atoms. The van der Waals surface area contributed by atoms with E-state index in [2.05, 4.69) is 55.2 Å². The Labute approximate surface area is 161 Å². The molecular formula is C20H43N5O. The maximum atomic E-state index is 5.81. The lowest BCUT2D eigenvalue weighted by Gasteiger charge is -2.32. The van der Waals surface area contributed by atoms with Gasteiger partial charge in [0.05, 0.1) is 6.10 Å². The van der Waals surface area contributed by atoms with E-state index in [0.29, 0.717) is 12.0 Å². The van der Waals surface area contributed by atoms with E-state index >= 15 is 0 Å². The zero-order valence-corrected chi connectivity index (χ0v) is 17.9. The zero-order valence-electron chi connectivity index (χ0n) is 17.9. The fourth-order valence-electron chi connectivity index (χ4n) is 3.21. The second-order valence-electron chi connectivity index (χ2n) is 7.57. The summed E-state index contributed by atoms with van der Waals surface area (Å²) in [4.78, 5) is 9.71. The number of unbranched alkanes of at least 4 members (excludes halogenated alkanes) is 1. The molecule has 0 amide bonds. The molecule has 1 saturated heterocycles. The van der Waals surface area contributed by atoms with Gasteiger partial charge in [-0.05, 0) is 52.6 Å². The van der Waals surface area contributed by atoms with Crippen LogP contribution in [0.2, 0.25) is 0 Å². The summed E-state index contributed by atoms with van der Waals surface area (Å²) >= 11 is 0. The molecule has 0 bridgehead atoms. The van der Waals surface area contributed by atoms with Gasteiger partial charge in [-0.15, -0.1) is 0 Å². The van der Waals surface area contributed by atoms with Crippen LogP contribution in [0, 0.1) is 5.92 Å². The molecule has 6 heteroatoms. The summed E-state index contributed by atoms with van der Waals surface area (Å²) in [5.41, 5.74) is 0. The van der Waals surface area contributed by atoms with E-state index in [1.807, 2.05) is 0 Å². The number of hydrogen-bond acceptors (Lipinski definition) is 4. The minimum atomic E-state index is 0.318. The molecule has 0 saturated carbocycles. The van der Waals surface area contributed by atoms with E-state index in [9.17, 15) is 0 Å². The molecule has 1 atom stereocenters. The SMILES string of the molecule is CCNC(=NCCCCN1CCN(C)CC1)NCCC(OCC)C(C)C. The normalized spacial score (nSPS) is 18.3. The number of ether oxygens (including phenoxy) is 1. The van der Waals surface area contributed by atoms with Crippen LogP contribution >= 0.6 is 0 Å². The molecule has 1 aliphatic heterocycles. The van der Waals surface area contributed by atoms with Crippen LogP contribution in [0.25, 0.3) is 0 Å². The molecule has 1 unspecified atom stereocenters. The molecule has 6 nitrogen and oxygen atoms in total. The van der Waals surface area contributed by atoms with Gasteiger partial charge in [0, 0.05) is 52.4 Å². The summed E-state index contributed by atoms with van der Waals surface area (Å²) in [6.07, 6.45) is 3.71. The number of aliphatic imine (C=N–C) groups is 1. The highest BCUT2D eigenvalue weighted by molar-refractivity contribution is 5.79. The zero-order chi connectivity index (χ0) is 19.2. The van der Waals surface area contributed by atoms with Gasteiger partial charge < -0.3 is 25.2 Å². The molecule has 0 aromatic carbocycles. The van der Waals surface area contributed by atoms with Gasteiger partial charge in [-0.25, -0.2) is 0 Å². The van der Waals surface area contributed by atoms with Gasteiger partial charge in [0.15, 0.2) is 5.96 Å². The second-order valence-corrected chi connectivity index (χ2v) is 7.57. The third kappa shape index (κ3) is 10.3. The quantitative estimate of drug-likeness (QED) is 0.313. The maximum absolute atomic E-state index is 5.81. The minimum Gasteiger partial charge on any atom is -0.378 e. The molecule has 1 heterocycles. The average Bonchev–Trinajstić information content (AvgIpc) is 2.62. The van der Waals surface area contributed by atoms with Crippen LogP contribution in [0.5, 0.6) is 0 Å². The van der Waals surface area contributed by atoms with Crippen molar-refractivity contribution in [3.05, 3.63) is 0 Å². The van der Waals surface area contributed by atoms with Crippen LogP contribution in [0.4, 0.5) is 0 Å². The molecule has 0 radical (unpaired) electrons. The van der Waals surface area contributed by atoms with Crippen molar-refractivity contribution >= 4 is 5.96 Å². The topological polar surface area (TPSA) is 52.1 Å². The van der Waals surface area contributed by atoms with E-state index in [-0.39, 0.29) is 0 Å². The van der Waals surface area contributed by atoms with E-state index in [0.717, 1.165) is 45.0 Å². The van der Waals surface area contributed by atoms with Crippen LogP contribution in [0.1, 0.15) is 47.0 Å². The fraction of sp³-hybridized carbons (Fsp3) is 0.950. The Morgan fingerprint density at radius 2 is 1.81 bits per heavy atom. The summed E-state index contributed by atoms with van der Waals surface area (Å²) in [5, 5.41) is 6.80. The van der Waals surface area contributed by atoms with Crippen molar-refractivity contribution in [1.29, 1.82) is 0 Å². The first-order valence-electron chi connectivity index (χ1n) is 10.6. The van der Waals surface area contributed by atoms with Crippen molar-refractivity contribution in [3.63, 3.8) is 0 Å². The summed E-state index contributed by atoms with van der Waals surface area (Å²) in [5.74, 6) is 1.48. The lowest BCUT2D eigenvalue weighted by atomic mass is 10.0. The van der Waals surface area contributed by atoms with Crippen LogP contribution in [0.3, 0.4) is 0 Å². The van der Waals surface area contributed by atoms with Gasteiger partial charge in [0.2, 0.25) is 0 Å². The predicted octanol–water partition coefficient (Wildman–Crippen LogP) is 2.02. The first kappa shape index (κ1) is 23.2. The van der Waals surface area contributed by atoms with Crippen molar-refractivity contribution < 1.29 is 4.74 Å². The molecule has 2 N–H and O–H groups in total. The van der Waals surface area contributed by atoms with Crippen molar-refractivity contribution in [2.45, 2.75) is 53.1 Å². The van der Waals surface area contributed by atoms with E-state index in [1.165, 1.54) is 39.1 Å². The lowest BCUT2D eigenvalue weighted by Crippen LogP contribution is -2.44. The van der Waals surface area contributed by atoms with Crippen molar-refractivity contribution in [1.82, 2.24) is 20.4 Å². The van der Waals surface area contributed by atoms with Crippen LogP contribution in [-0.2, 0) is 4.74 Å². The molecule has 1 fully saturated rings. The maximum Gasteiger partial charge on any atom is 0.191 e. The van der Waals surface area contributed by atoms with Crippen LogP contribution < -0.4 is 10.6 Å². The number of nitrogens with zero attached hydrogens (tertiary/aromatic N) is 3. The van der Waals surface area contributed by atoms with E-state index < -0.39 is 0 Å². The highest BCUT2D eigenvalue weighted by Crippen LogP contribution is 2.09. The average molecular weight is 370 g/mol. The van der Waals surface area contributed by atoms with Crippen molar-refractivity contribution in [3.8, 4) is 0 Å². The Balaban J connectivity index is 2.21. The molecule has 1 aliphatic rings. The molecular weight excluding hydrogens is 326 g/mol. The van der Waals surface area contributed by atoms with Gasteiger partial charge in [-0.2, -0.15) is 0 Å². The van der Waals surface area contributed by atoms with E-state index in [4.69, 9.17) is 9.73 Å². The smallest absolute Gasteiger partial charge is 0.191 e. The fourth-order valence-corrected chi connectivity index (χ4v) is 3.21. The Bertz CT molecular complexity index is 367. The number of piperazine rings is 1. The minimum absolute atomic E-state index is 0.318. The Morgan fingerprint density at radius 1 is 1.08 bits per heavy atom. The summed E-state index contributed by atoms with van der Waals surface area (Å²) in [6, 6.07) is 0. The number of rotatable bonds is 12. The van der Waals surface area contributed by atoms with Gasteiger partial charge in [-0.3, -0.25) is 4.99 Å². The second kappa shape index (κ2) is 14.2. The molecule has 0 spiro atoms. The van der Waals surface area contributed by atoms with Gasteiger partial charge >= 0.3 is 0 Å². The number of nitrogens with one attached hydrogen (secondary N) is 2. The van der Waals surface area contributed by atoms with Crippen molar-refractivity contribution in [2.24, 2.45) is 10.9 Å². The monoisotopic (exact) mass is 369 g/mol. The summed E-state index contributed by atoms with van der Waals surface area (Å²) in [6.45, 7) is 18.1. The third-order valence-corrected chi connectivity index (χ3v) is 4.94. The van der Waals surface area contributed by atoms with Gasteiger partial charge in [-0.1, -0.05) is 13.8 Å². The lowest BCUT2D eigenvalue weighted by molar-refractivity contribution is 0.0258. The molecule has 0 aromatic rings. The number of guanidine groups is 1. The Morgan fingerprint density at radius 3 is 2.42 bits per heavy atom. The first-order valence-corrected chi connectivity index (χ1v) is 10.6. The van der Waals surface area contributed by atoms with Crippen LogP contribution in [-0.4, -0.2) is 87.9 Å². The molecule has 0 aromatic heterocycles. The first-order chi connectivity index (χ1) is 12.6. The Hall–Kier alpha value is -0.850. The number of hydrogen-bond donors (Lipinski definition) is 2. The molecule has 154 valence electrons. The van der Waals surface area contributed by atoms with Gasteiger partial charge in [0.1, 0.15) is 0 Å². The largest absolute Gasteiger partial charge is 0.378 e. The van der Waals surface area contributed by atoms with Gasteiger partial charge in [0.25, 0.3) is 0 Å². The van der Waals surface area contributed by atoms with Crippen molar-refractivity contribution in [2.75, 3.05) is 66.0 Å².